The van der Waals surface area contributed by atoms with Crippen LogP contribution in [0.3, 0.4) is 0 Å². The molecule has 0 bridgehead atoms. The van der Waals surface area contributed by atoms with Gasteiger partial charge in [-0.15, -0.1) is 0 Å². The minimum absolute atomic E-state index is 0.491. The highest BCUT2D eigenvalue weighted by atomic mass is 35.5. The molecule has 0 fully saturated rings. The number of nitrogens with one attached hydrogen (secondary N) is 1. The number of nitrogens with zero attached hydrogens (tertiary/aromatic N) is 2. The van der Waals surface area contributed by atoms with Crippen LogP contribution in [0, 0.1) is 0 Å². The molecule has 0 aliphatic rings. The Bertz CT molecular complexity index is 593. The van der Waals surface area contributed by atoms with Gasteiger partial charge in [0.05, 0.1) is 17.4 Å². The molecule has 108 valence electrons. The van der Waals surface area contributed by atoms with Crippen molar-refractivity contribution in [2.75, 3.05) is 6.54 Å². The number of aromatic nitrogens is 2. The fourth-order valence-corrected chi connectivity index (χ4v) is 1.93. The summed E-state index contributed by atoms with van der Waals surface area (Å²) in [5.74, 6) is 0. The molecule has 1 aromatic heterocycles. The molecule has 0 amide bonds. The molecule has 0 saturated carbocycles. The molecule has 0 radical (unpaired) electrons. The van der Waals surface area contributed by atoms with Gasteiger partial charge < -0.3 is 5.32 Å². The largest absolute Gasteiger partial charge is 0.419 e. The molecule has 0 spiro atoms. The molecule has 1 aromatic carbocycles. The molecule has 0 aliphatic heterocycles. The Morgan fingerprint density at radius 1 is 1.35 bits per heavy atom. The summed E-state index contributed by atoms with van der Waals surface area (Å²) >= 11 is 6.11. The number of hydrogen-bond acceptors (Lipinski definition) is 2. The third kappa shape index (κ3) is 3.32. The van der Waals surface area contributed by atoms with Gasteiger partial charge in [0.25, 0.3) is 0 Å². The van der Waals surface area contributed by atoms with Gasteiger partial charge in [0.2, 0.25) is 0 Å². The lowest BCUT2D eigenvalue weighted by Crippen LogP contribution is -2.12. The fraction of sp³-hybridized carbons (Fsp3) is 0.308. The highest BCUT2D eigenvalue weighted by Crippen LogP contribution is 2.29. The van der Waals surface area contributed by atoms with Gasteiger partial charge in [-0.05, 0) is 24.2 Å². The highest BCUT2D eigenvalue weighted by Gasteiger charge is 2.32. The Balaban J connectivity index is 2.25. The zero-order chi connectivity index (χ0) is 14.8. The number of alkyl halides is 3. The second kappa shape index (κ2) is 5.85. The lowest BCUT2D eigenvalue weighted by molar-refractivity contribution is -0.137. The van der Waals surface area contributed by atoms with E-state index in [1.807, 2.05) is 6.92 Å². The van der Waals surface area contributed by atoms with E-state index in [4.69, 9.17) is 11.6 Å². The third-order valence-corrected chi connectivity index (χ3v) is 3.13. The average molecular weight is 304 g/mol. The number of hydrogen-bond donors (Lipinski definition) is 1. The molecule has 7 heteroatoms. The molecule has 0 unspecified atom stereocenters. The van der Waals surface area contributed by atoms with Crippen LogP contribution in [0.15, 0.2) is 30.6 Å². The Morgan fingerprint density at radius 2 is 2.10 bits per heavy atom. The smallest absolute Gasteiger partial charge is 0.313 e. The van der Waals surface area contributed by atoms with Crippen LogP contribution in [-0.4, -0.2) is 16.3 Å². The SMILES string of the molecule is CCNCc1ccc(-n2cc(C(F)(F)F)cn2)cc1Cl. The monoisotopic (exact) mass is 303 g/mol. The summed E-state index contributed by atoms with van der Waals surface area (Å²) in [5.41, 5.74) is 0.594. The van der Waals surface area contributed by atoms with Crippen LogP contribution >= 0.6 is 11.6 Å². The van der Waals surface area contributed by atoms with Crippen LogP contribution in [0.1, 0.15) is 18.1 Å². The zero-order valence-electron chi connectivity index (χ0n) is 10.7. The van der Waals surface area contributed by atoms with E-state index in [2.05, 4.69) is 10.4 Å². The molecular weight excluding hydrogens is 291 g/mol. The van der Waals surface area contributed by atoms with Crippen molar-refractivity contribution in [1.29, 1.82) is 0 Å². The van der Waals surface area contributed by atoms with Gasteiger partial charge in [-0.3, -0.25) is 0 Å². The van der Waals surface area contributed by atoms with E-state index in [1.54, 1.807) is 18.2 Å². The highest BCUT2D eigenvalue weighted by molar-refractivity contribution is 6.31. The number of benzene rings is 1. The lowest BCUT2D eigenvalue weighted by Gasteiger charge is -2.08. The van der Waals surface area contributed by atoms with Crippen molar-refractivity contribution in [2.45, 2.75) is 19.6 Å². The van der Waals surface area contributed by atoms with Crippen molar-refractivity contribution in [1.82, 2.24) is 15.1 Å². The van der Waals surface area contributed by atoms with E-state index in [1.165, 1.54) is 0 Å². The molecule has 0 saturated heterocycles. The van der Waals surface area contributed by atoms with Gasteiger partial charge in [0.1, 0.15) is 0 Å². The van der Waals surface area contributed by atoms with Crippen molar-refractivity contribution in [3.63, 3.8) is 0 Å². The van der Waals surface area contributed by atoms with Crippen LogP contribution in [-0.2, 0) is 12.7 Å². The maximum atomic E-state index is 12.5. The molecular formula is C13H13ClF3N3. The maximum absolute atomic E-state index is 12.5. The summed E-state index contributed by atoms with van der Waals surface area (Å²) in [7, 11) is 0. The third-order valence-electron chi connectivity index (χ3n) is 2.78. The predicted octanol–water partition coefficient (Wildman–Crippen LogP) is 3.65. The molecule has 1 heterocycles. The van der Waals surface area contributed by atoms with Gasteiger partial charge in [0.15, 0.2) is 0 Å². The first-order valence-electron chi connectivity index (χ1n) is 6.03. The van der Waals surface area contributed by atoms with E-state index in [-0.39, 0.29) is 0 Å². The van der Waals surface area contributed by atoms with E-state index < -0.39 is 11.7 Å². The van der Waals surface area contributed by atoms with Gasteiger partial charge >= 0.3 is 6.18 Å². The van der Waals surface area contributed by atoms with Gasteiger partial charge in [-0.2, -0.15) is 18.3 Å². The van der Waals surface area contributed by atoms with E-state index >= 15 is 0 Å². The second-order valence-corrected chi connectivity index (χ2v) is 4.63. The van der Waals surface area contributed by atoms with Crippen LogP contribution in [0.5, 0.6) is 0 Å². The molecule has 20 heavy (non-hydrogen) atoms. The minimum Gasteiger partial charge on any atom is -0.313 e. The topological polar surface area (TPSA) is 29.9 Å². The summed E-state index contributed by atoms with van der Waals surface area (Å²) in [4.78, 5) is 0. The standard InChI is InChI=1S/C13H13ClF3N3/c1-2-18-6-9-3-4-11(5-12(9)14)20-8-10(7-19-20)13(15,16)17/h3-5,7-8,18H,2,6H2,1H3. The summed E-state index contributed by atoms with van der Waals surface area (Å²) in [6, 6.07) is 5.06. The quantitative estimate of drug-likeness (QED) is 0.934. The van der Waals surface area contributed by atoms with E-state index in [0.717, 1.165) is 29.2 Å². The van der Waals surface area contributed by atoms with Crippen molar-refractivity contribution in [2.24, 2.45) is 0 Å². The number of rotatable bonds is 4. The molecule has 1 N–H and O–H groups in total. The Morgan fingerprint density at radius 3 is 2.65 bits per heavy atom. The normalized spacial score (nSPS) is 11.8. The van der Waals surface area contributed by atoms with Crippen molar-refractivity contribution in [3.05, 3.63) is 46.7 Å². The zero-order valence-corrected chi connectivity index (χ0v) is 11.5. The lowest BCUT2D eigenvalue weighted by atomic mass is 10.2. The van der Waals surface area contributed by atoms with E-state index in [0.29, 0.717) is 17.3 Å². The Labute approximate surface area is 119 Å². The van der Waals surface area contributed by atoms with Crippen LogP contribution in [0.4, 0.5) is 13.2 Å². The van der Waals surface area contributed by atoms with Gasteiger partial charge in [-0.1, -0.05) is 24.6 Å². The minimum atomic E-state index is -4.40. The van der Waals surface area contributed by atoms with Crippen LogP contribution in [0.2, 0.25) is 5.02 Å². The fourth-order valence-electron chi connectivity index (χ4n) is 1.69. The van der Waals surface area contributed by atoms with Crippen molar-refractivity contribution >= 4 is 11.6 Å². The first-order valence-corrected chi connectivity index (χ1v) is 6.41. The molecule has 3 nitrogen and oxygen atoms in total. The first kappa shape index (κ1) is 14.9. The molecule has 0 aliphatic carbocycles. The molecule has 0 atom stereocenters. The average Bonchev–Trinajstić information content (AvgIpc) is 2.86. The summed E-state index contributed by atoms with van der Waals surface area (Å²) in [5, 5.41) is 7.33. The predicted molar refractivity (Wildman–Crippen MR) is 71.0 cm³/mol. The first-order chi connectivity index (χ1) is 9.41. The van der Waals surface area contributed by atoms with Gasteiger partial charge in [-0.25, -0.2) is 4.68 Å². The van der Waals surface area contributed by atoms with E-state index in [9.17, 15) is 13.2 Å². The van der Waals surface area contributed by atoms with Crippen LogP contribution in [0.25, 0.3) is 5.69 Å². The van der Waals surface area contributed by atoms with Gasteiger partial charge in [0, 0.05) is 17.8 Å². The molecule has 2 aromatic rings. The molecule has 2 rings (SSSR count). The van der Waals surface area contributed by atoms with Crippen molar-refractivity contribution in [3.8, 4) is 5.69 Å². The summed E-state index contributed by atoms with van der Waals surface area (Å²) in [6.45, 7) is 3.40. The van der Waals surface area contributed by atoms with Crippen molar-refractivity contribution < 1.29 is 13.2 Å². The number of halogens is 4. The second-order valence-electron chi connectivity index (χ2n) is 4.23. The maximum Gasteiger partial charge on any atom is 0.419 e. The Hall–Kier alpha value is -1.53. The summed E-state index contributed by atoms with van der Waals surface area (Å²) < 4.78 is 38.7. The Kier molecular flexibility index (Phi) is 4.35. The summed E-state index contributed by atoms with van der Waals surface area (Å²) in [6.07, 6.45) is -2.66. The van der Waals surface area contributed by atoms with Crippen LogP contribution < -0.4 is 5.32 Å².